The van der Waals surface area contributed by atoms with Gasteiger partial charge in [0.15, 0.2) is 0 Å². The van der Waals surface area contributed by atoms with Crippen molar-refractivity contribution in [1.29, 1.82) is 0 Å². The van der Waals surface area contributed by atoms with Gasteiger partial charge < -0.3 is 14.8 Å². The molecule has 0 aliphatic rings. The highest BCUT2D eigenvalue weighted by Crippen LogP contribution is 2.29. The topological polar surface area (TPSA) is 47.6 Å². The molecule has 0 saturated carbocycles. The normalized spacial score (nSPS) is 12.0. The van der Waals surface area contributed by atoms with Crippen LogP contribution < -0.4 is 14.8 Å². The molecular formula is C19H19Cl2NO3. The summed E-state index contributed by atoms with van der Waals surface area (Å²) in [5.74, 6) is 1.13. The van der Waals surface area contributed by atoms with Crippen LogP contribution in [0.4, 0.5) is 0 Å². The van der Waals surface area contributed by atoms with Crippen LogP contribution in [0.25, 0.3) is 6.08 Å². The fourth-order valence-electron chi connectivity index (χ4n) is 2.32. The van der Waals surface area contributed by atoms with Gasteiger partial charge in [-0.15, -0.1) is 0 Å². The van der Waals surface area contributed by atoms with Crippen molar-refractivity contribution in [2.75, 3.05) is 14.2 Å². The average Bonchev–Trinajstić information content (AvgIpc) is 2.60. The minimum absolute atomic E-state index is 0.247. The number of nitrogens with one attached hydrogen (secondary N) is 1. The van der Waals surface area contributed by atoms with Gasteiger partial charge in [0.05, 0.1) is 20.3 Å². The first-order chi connectivity index (χ1) is 11.9. The van der Waals surface area contributed by atoms with Crippen molar-refractivity contribution in [3.8, 4) is 11.5 Å². The standard InChI is InChI=1S/C19H19Cl2NO3/c1-12(16-11-15(24-2)7-8-18(16)25-3)22-19(23)9-5-13-4-6-14(20)10-17(13)21/h4-12H,1-3H3,(H,22,23)/b9-5+/t12-/m0/s1. The van der Waals surface area contributed by atoms with Crippen LogP contribution in [0.3, 0.4) is 0 Å². The van der Waals surface area contributed by atoms with E-state index in [1.807, 2.05) is 13.0 Å². The Morgan fingerprint density at radius 3 is 2.52 bits per heavy atom. The third kappa shape index (κ3) is 5.15. The first-order valence-electron chi connectivity index (χ1n) is 7.60. The Labute approximate surface area is 157 Å². The number of hydrogen-bond donors (Lipinski definition) is 1. The van der Waals surface area contributed by atoms with E-state index in [-0.39, 0.29) is 11.9 Å². The lowest BCUT2D eigenvalue weighted by Crippen LogP contribution is -2.25. The van der Waals surface area contributed by atoms with Gasteiger partial charge >= 0.3 is 0 Å². The van der Waals surface area contributed by atoms with Gasteiger partial charge in [-0.3, -0.25) is 4.79 Å². The van der Waals surface area contributed by atoms with Crippen molar-refractivity contribution in [3.63, 3.8) is 0 Å². The predicted molar refractivity (Wildman–Crippen MR) is 102 cm³/mol. The van der Waals surface area contributed by atoms with Crippen LogP contribution in [0, 0.1) is 0 Å². The summed E-state index contributed by atoms with van der Waals surface area (Å²) in [6.45, 7) is 1.87. The molecule has 2 rings (SSSR count). The van der Waals surface area contributed by atoms with Crippen LogP contribution in [0.5, 0.6) is 11.5 Å². The smallest absolute Gasteiger partial charge is 0.244 e. The van der Waals surface area contributed by atoms with E-state index in [0.29, 0.717) is 27.1 Å². The van der Waals surface area contributed by atoms with Gasteiger partial charge in [0.1, 0.15) is 11.5 Å². The highest BCUT2D eigenvalue weighted by Gasteiger charge is 2.14. The van der Waals surface area contributed by atoms with E-state index in [4.69, 9.17) is 32.7 Å². The van der Waals surface area contributed by atoms with Crippen LogP contribution in [-0.2, 0) is 4.79 Å². The molecule has 1 amide bonds. The molecule has 0 spiro atoms. The molecule has 0 aromatic heterocycles. The van der Waals surface area contributed by atoms with Crippen LogP contribution in [-0.4, -0.2) is 20.1 Å². The fourth-order valence-corrected chi connectivity index (χ4v) is 2.79. The van der Waals surface area contributed by atoms with Crippen molar-refractivity contribution in [2.24, 2.45) is 0 Å². The molecule has 2 aromatic rings. The van der Waals surface area contributed by atoms with E-state index >= 15 is 0 Å². The van der Waals surface area contributed by atoms with Crippen molar-refractivity contribution in [2.45, 2.75) is 13.0 Å². The molecule has 0 saturated heterocycles. The number of rotatable bonds is 6. The lowest BCUT2D eigenvalue weighted by molar-refractivity contribution is -0.117. The van der Waals surface area contributed by atoms with Gasteiger partial charge in [-0.05, 0) is 48.9 Å². The average molecular weight is 380 g/mol. The second-order valence-corrected chi connectivity index (χ2v) is 6.18. The summed E-state index contributed by atoms with van der Waals surface area (Å²) in [6, 6.07) is 10.3. The molecule has 0 heterocycles. The van der Waals surface area contributed by atoms with Crippen molar-refractivity contribution >= 4 is 35.2 Å². The maximum Gasteiger partial charge on any atom is 0.244 e. The summed E-state index contributed by atoms with van der Waals surface area (Å²) >= 11 is 11.9. The van der Waals surface area contributed by atoms with Gasteiger partial charge in [-0.2, -0.15) is 0 Å². The van der Waals surface area contributed by atoms with E-state index < -0.39 is 0 Å². The number of amides is 1. The molecule has 0 aliphatic heterocycles. The van der Waals surface area contributed by atoms with E-state index in [1.54, 1.807) is 50.6 Å². The van der Waals surface area contributed by atoms with E-state index in [9.17, 15) is 4.79 Å². The number of ether oxygens (including phenoxy) is 2. The van der Waals surface area contributed by atoms with Crippen LogP contribution in [0.15, 0.2) is 42.5 Å². The predicted octanol–water partition coefficient (Wildman–Crippen LogP) is 4.90. The van der Waals surface area contributed by atoms with Crippen LogP contribution in [0.2, 0.25) is 10.0 Å². The second kappa shape index (κ2) is 8.79. The minimum atomic E-state index is -0.261. The molecule has 25 heavy (non-hydrogen) atoms. The number of halogens is 2. The van der Waals surface area contributed by atoms with Crippen molar-refractivity contribution in [1.82, 2.24) is 5.32 Å². The third-order valence-corrected chi connectivity index (χ3v) is 4.20. The molecule has 1 N–H and O–H groups in total. The number of hydrogen-bond acceptors (Lipinski definition) is 3. The Kier molecular flexibility index (Phi) is 6.73. The highest BCUT2D eigenvalue weighted by atomic mass is 35.5. The van der Waals surface area contributed by atoms with Gasteiger partial charge in [0, 0.05) is 21.7 Å². The largest absolute Gasteiger partial charge is 0.497 e. The lowest BCUT2D eigenvalue weighted by Gasteiger charge is -2.17. The molecule has 0 unspecified atom stereocenters. The van der Waals surface area contributed by atoms with E-state index in [2.05, 4.69) is 5.32 Å². The Balaban J connectivity index is 2.11. The summed E-state index contributed by atoms with van der Waals surface area (Å²) < 4.78 is 10.6. The minimum Gasteiger partial charge on any atom is -0.497 e. The monoisotopic (exact) mass is 379 g/mol. The summed E-state index contributed by atoms with van der Waals surface area (Å²) in [7, 11) is 3.18. The van der Waals surface area contributed by atoms with E-state index in [1.165, 1.54) is 6.08 Å². The quantitative estimate of drug-likeness (QED) is 0.725. The van der Waals surface area contributed by atoms with Crippen molar-refractivity contribution < 1.29 is 14.3 Å². The summed E-state index contributed by atoms with van der Waals surface area (Å²) in [5, 5.41) is 3.92. The second-order valence-electron chi connectivity index (χ2n) is 5.34. The van der Waals surface area contributed by atoms with Gasteiger partial charge in [0.25, 0.3) is 0 Å². The first kappa shape index (κ1) is 19.2. The third-order valence-electron chi connectivity index (χ3n) is 3.64. The van der Waals surface area contributed by atoms with Crippen LogP contribution in [0.1, 0.15) is 24.1 Å². The maximum atomic E-state index is 12.2. The Morgan fingerprint density at radius 2 is 1.88 bits per heavy atom. The number of methoxy groups -OCH3 is 2. The lowest BCUT2D eigenvalue weighted by atomic mass is 10.1. The Morgan fingerprint density at radius 1 is 1.12 bits per heavy atom. The molecule has 0 radical (unpaired) electrons. The zero-order valence-electron chi connectivity index (χ0n) is 14.2. The molecule has 0 aliphatic carbocycles. The fraction of sp³-hybridized carbons (Fsp3) is 0.211. The molecule has 2 aromatic carbocycles. The zero-order chi connectivity index (χ0) is 18.4. The molecule has 1 atom stereocenters. The van der Waals surface area contributed by atoms with Gasteiger partial charge in [0.2, 0.25) is 5.91 Å². The number of carbonyl (C=O) groups is 1. The summed E-state index contributed by atoms with van der Waals surface area (Å²) in [5.41, 5.74) is 1.54. The summed E-state index contributed by atoms with van der Waals surface area (Å²) in [4.78, 5) is 12.2. The summed E-state index contributed by atoms with van der Waals surface area (Å²) in [6.07, 6.45) is 3.07. The molecule has 6 heteroatoms. The number of carbonyl (C=O) groups excluding carboxylic acids is 1. The zero-order valence-corrected chi connectivity index (χ0v) is 15.7. The highest BCUT2D eigenvalue weighted by molar-refractivity contribution is 6.35. The molecule has 0 fully saturated rings. The molecule has 4 nitrogen and oxygen atoms in total. The van der Waals surface area contributed by atoms with Crippen LogP contribution >= 0.6 is 23.2 Å². The van der Waals surface area contributed by atoms with Gasteiger partial charge in [-0.25, -0.2) is 0 Å². The van der Waals surface area contributed by atoms with Gasteiger partial charge in [-0.1, -0.05) is 29.3 Å². The first-order valence-corrected chi connectivity index (χ1v) is 8.35. The maximum absolute atomic E-state index is 12.2. The van der Waals surface area contributed by atoms with E-state index in [0.717, 1.165) is 5.56 Å². The Bertz CT molecular complexity index is 790. The number of benzene rings is 2. The van der Waals surface area contributed by atoms with Crippen molar-refractivity contribution in [3.05, 3.63) is 63.6 Å². The molecular weight excluding hydrogens is 361 g/mol. The SMILES string of the molecule is COc1ccc(OC)c([C@H](C)NC(=O)/C=C/c2ccc(Cl)cc2Cl)c1. The molecule has 0 bridgehead atoms. The Hall–Kier alpha value is -2.17. The molecule has 132 valence electrons.